The molecule has 1 amide bonds. The normalized spacial score (nSPS) is 10.2. The fraction of sp³-hybridized carbons (Fsp3) is 0.462. The van der Waals surface area contributed by atoms with E-state index in [1.165, 1.54) is 0 Å². The third-order valence-corrected chi connectivity index (χ3v) is 3.37. The minimum atomic E-state index is 0.0388. The number of hydrogen-bond donors (Lipinski definition) is 1. The Morgan fingerprint density at radius 3 is 2.71 bits per heavy atom. The molecular formula is C13H17BrClNO. The first-order valence-electron chi connectivity index (χ1n) is 5.80. The van der Waals surface area contributed by atoms with Gasteiger partial charge in [0.1, 0.15) is 0 Å². The zero-order valence-electron chi connectivity index (χ0n) is 9.72. The quantitative estimate of drug-likeness (QED) is 0.604. The molecule has 94 valence electrons. The van der Waals surface area contributed by atoms with Gasteiger partial charge in [-0.1, -0.05) is 52.2 Å². The number of carbonyl (C=O) groups excluding carboxylic acids is 1. The van der Waals surface area contributed by atoms with Crippen molar-refractivity contribution in [1.29, 1.82) is 0 Å². The smallest absolute Gasteiger partial charge is 0.224 e. The molecule has 0 heterocycles. The van der Waals surface area contributed by atoms with Gasteiger partial charge in [0.05, 0.1) is 6.42 Å². The van der Waals surface area contributed by atoms with Gasteiger partial charge in [-0.3, -0.25) is 4.79 Å². The highest BCUT2D eigenvalue weighted by molar-refractivity contribution is 9.09. The van der Waals surface area contributed by atoms with E-state index in [1.54, 1.807) is 6.07 Å². The van der Waals surface area contributed by atoms with Gasteiger partial charge in [0.2, 0.25) is 5.91 Å². The van der Waals surface area contributed by atoms with E-state index in [9.17, 15) is 4.79 Å². The Balaban J connectivity index is 2.23. The first kappa shape index (κ1) is 14.5. The van der Waals surface area contributed by atoms with Crippen molar-refractivity contribution in [1.82, 2.24) is 5.32 Å². The van der Waals surface area contributed by atoms with Gasteiger partial charge in [0.15, 0.2) is 0 Å². The second kappa shape index (κ2) is 8.54. The first-order chi connectivity index (χ1) is 8.24. The van der Waals surface area contributed by atoms with E-state index in [0.717, 1.165) is 36.7 Å². The number of alkyl halides is 1. The van der Waals surface area contributed by atoms with Crippen molar-refractivity contribution in [3.05, 3.63) is 34.9 Å². The molecule has 2 nitrogen and oxygen atoms in total. The van der Waals surface area contributed by atoms with Crippen molar-refractivity contribution in [2.75, 3.05) is 11.9 Å². The Labute approximate surface area is 116 Å². The highest BCUT2D eigenvalue weighted by Crippen LogP contribution is 2.15. The van der Waals surface area contributed by atoms with Crippen LogP contribution in [-0.4, -0.2) is 17.8 Å². The monoisotopic (exact) mass is 317 g/mol. The van der Waals surface area contributed by atoms with E-state index in [2.05, 4.69) is 21.2 Å². The van der Waals surface area contributed by atoms with Crippen LogP contribution in [0, 0.1) is 0 Å². The lowest BCUT2D eigenvalue weighted by Gasteiger charge is -2.06. The van der Waals surface area contributed by atoms with Gasteiger partial charge in [-0.2, -0.15) is 0 Å². The van der Waals surface area contributed by atoms with E-state index in [0.29, 0.717) is 11.4 Å². The minimum absolute atomic E-state index is 0.0388. The second-order valence-corrected chi connectivity index (χ2v) is 5.07. The molecule has 1 rings (SSSR count). The highest BCUT2D eigenvalue weighted by atomic mass is 79.9. The van der Waals surface area contributed by atoms with Crippen molar-refractivity contribution >= 4 is 33.4 Å². The van der Waals surface area contributed by atoms with E-state index >= 15 is 0 Å². The highest BCUT2D eigenvalue weighted by Gasteiger charge is 2.05. The summed E-state index contributed by atoms with van der Waals surface area (Å²) in [5, 5.41) is 4.59. The van der Waals surface area contributed by atoms with Crippen LogP contribution >= 0.6 is 27.5 Å². The number of hydrogen-bond acceptors (Lipinski definition) is 1. The molecule has 1 N–H and O–H groups in total. The molecular weight excluding hydrogens is 302 g/mol. The van der Waals surface area contributed by atoms with Gasteiger partial charge >= 0.3 is 0 Å². The molecule has 0 bridgehead atoms. The van der Waals surface area contributed by atoms with Crippen molar-refractivity contribution in [3.8, 4) is 0 Å². The Bertz CT molecular complexity index is 357. The summed E-state index contributed by atoms with van der Waals surface area (Å²) in [5.74, 6) is 0.0388. The molecule has 0 radical (unpaired) electrons. The molecule has 0 aliphatic heterocycles. The number of nitrogens with one attached hydrogen (secondary N) is 1. The number of rotatable bonds is 7. The molecule has 4 heteroatoms. The molecule has 17 heavy (non-hydrogen) atoms. The van der Waals surface area contributed by atoms with E-state index in [1.807, 2.05) is 18.2 Å². The van der Waals surface area contributed by atoms with Gasteiger partial charge in [-0.15, -0.1) is 0 Å². The fourth-order valence-corrected chi connectivity index (χ4v) is 2.10. The third-order valence-electron chi connectivity index (χ3n) is 2.44. The molecule has 0 unspecified atom stereocenters. The summed E-state index contributed by atoms with van der Waals surface area (Å²) in [6, 6.07) is 7.45. The van der Waals surface area contributed by atoms with Gasteiger partial charge in [0.25, 0.3) is 0 Å². The van der Waals surface area contributed by atoms with E-state index < -0.39 is 0 Å². The summed E-state index contributed by atoms with van der Waals surface area (Å²) >= 11 is 9.37. The molecule has 0 saturated carbocycles. The summed E-state index contributed by atoms with van der Waals surface area (Å²) in [5.41, 5.74) is 0.882. The molecule has 0 spiro atoms. The lowest BCUT2D eigenvalue weighted by atomic mass is 10.1. The topological polar surface area (TPSA) is 29.1 Å². The average molecular weight is 319 g/mol. The largest absolute Gasteiger partial charge is 0.356 e. The van der Waals surface area contributed by atoms with Gasteiger partial charge in [-0.25, -0.2) is 0 Å². The molecule has 0 atom stereocenters. The Hall–Kier alpha value is -0.540. The Morgan fingerprint density at radius 1 is 1.24 bits per heavy atom. The van der Waals surface area contributed by atoms with Crippen LogP contribution in [0.5, 0.6) is 0 Å². The van der Waals surface area contributed by atoms with Crippen molar-refractivity contribution in [2.24, 2.45) is 0 Å². The van der Waals surface area contributed by atoms with E-state index in [4.69, 9.17) is 11.6 Å². The van der Waals surface area contributed by atoms with Crippen LogP contribution in [-0.2, 0) is 11.2 Å². The zero-order chi connectivity index (χ0) is 12.5. The standard InChI is InChI=1S/C13H17BrClNO/c14-8-4-1-5-9-16-13(17)10-11-6-2-3-7-12(11)15/h2-3,6-7H,1,4-5,8-10H2,(H,16,17). The van der Waals surface area contributed by atoms with Crippen molar-refractivity contribution in [3.63, 3.8) is 0 Å². The maximum Gasteiger partial charge on any atom is 0.224 e. The second-order valence-electron chi connectivity index (χ2n) is 3.87. The van der Waals surface area contributed by atoms with Gasteiger partial charge < -0.3 is 5.32 Å². The maximum atomic E-state index is 11.6. The Morgan fingerprint density at radius 2 is 2.00 bits per heavy atom. The molecule has 0 saturated heterocycles. The van der Waals surface area contributed by atoms with Crippen LogP contribution in [0.2, 0.25) is 5.02 Å². The number of amides is 1. The van der Waals surface area contributed by atoms with Crippen LogP contribution in [0.15, 0.2) is 24.3 Å². The molecule has 1 aromatic carbocycles. The lowest BCUT2D eigenvalue weighted by molar-refractivity contribution is -0.120. The minimum Gasteiger partial charge on any atom is -0.356 e. The Kier molecular flexibility index (Phi) is 7.29. The first-order valence-corrected chi connectivity index (χ1v) is 7.30. The van der Waals surface area contributed by atoms with Crippen LogP contribution in [0.1, 0.15) is 24.8 Å². The zero-order valence-corrected chi connectivity index (χ0v) is 12.1. The summed E-state index contributed by atoms with van der Waals surface area (Å²) in [7, 11) is 0. The average Bonchev–Trinajstić information content (AvgIpc) is 2.32. The fourth-order valence-electron chi connectivity index (χ4n) is 1.50. The molecule has 0 fully saturated rings. The summed E-state index contributed by atoms with van der Waals surface area (Å²) < 4.78 is 0. The van der Waals surface area contributed by atoms with Crippen LogP contribution in [0.3, 0.4) is 0 Å². The van der Waals surface area contributed by atoms with Crippen LogP contribution in [0.4, 0.5) is 0 Å². The number of carbonyl (C=O) groups is 1. The van der Waals surface area contributed by atoms with Crippen LogP contribution < -0.4 is 5.32 Å². The van der Waals surface area contributed by atoms with Gasteiger partial charge in [0, 0.05) is 16.9 Å². The van der Waals surface area contributed by atoms with Crippen LogP contribution in [0.25, 0.3) is 0 Å². The summed E-state index contributed by atoms with van der Waals surface area (Å²) in [6.45, 7) is 0.746. The summed E-state index contributed by atoms with van der Waals surface area (Å²) in [6.07, 6.45) is 3.68. The predicted octanol–water partition coefficient (Wildman–Crippen LogP) is 3.56. The number of benzene rings is 1. The number of unbranched alkanes of at least 4 members (excludes halogenated alkanes) is 2. The molecule has 1 aromatic rings. The maximum absolute atomic E-state index is 11.6. The van der Waals surface area contributed by atoms with Gasteiger partial charge in [-0.05, 0) is 24.5 Å². The molecule has 0 aliphatic rings. The SMILES string of the molecule is O=C(Cc1ccccc1Cl)NCCCCCBr. The molecule has 0 aromatic heterocycles. The molecule has 0 aliphatic carbocycles. The summed E-state index contributed by atoms with van der Waals surface area (Å²) in [4.78, 5) is 11.6. The lowest BCUT2D eigenvalue weighted by Crippen LogP contribution is -2.26. The number of halogens is 2. The van der Waals surface area contributed by atoms with Crippen molar-refractivity contribution < 1.29 is 4.79 Å². The van der Waals surface area contributed by atoms with E-state index in [-0.39, 0.29) is 5.91 Å². The third kappa shape index (κ3) is 6.08. The van der Waals surface area contributed by atoms with Crippen molar-refractivity contribution in [2.45, 2.75) is 25.7 Å². The predicted molar refractivity (Wildman–Crippen MR) is 75.8 cm³/mol.